The van der Waals surface area contributed by atoms with Crippen molar-refractivity contribution >= 4 is 5.78 Å². The fourth-order valence-corrected chi connectivity index (χ4v) is 3.12. The summed E-state index contributed by atoms with van der Waals surface area (Å²) < 4.78 is 0. The average Bonchev–Trinajstić information content (AvgIpc) is 2.93. The second kappa shape index (κ2) is 11.4. The van der Waals surface area contributed by atoms with Gasteiger partial charge in [0, 0.05) is 12.3 Å². The van der Waals surface area contributed by atoms with Crippen LogP contribution in [0.3, 0.4) is 0 Å². The van der Waals surface area contributed by atoms with Gasteiger partial charge in [0.05, 0.1) is 6.61 Å². The zero-order valence-electron chi connectivity index (χ0n) is 15.3. The summed E-state index contributed by atoms with van der Waals surface area (Å²) in [6, 6.07) is 0. The standard InChI is InChI=1S/C21H34O3/c1-3-5-7-8-9-12-19-18(13-14-20(19)23)11-10-16-21(24,17-22)15-6-4-2/h6,8-11,15,18-19,22,24H,3-5,7,12-14,16-17H2,1-2H3/t18-,19+,21?/m0/s1. The maximum atomic E-state index is 12.1. The third kappa shape index (κ3) is 7.14. The third-order valence-electron chi connectivity index (χ3n) is 4.73. The molecule has 136 valence electrons. The van der Waals surface area contributed by atoms with Gasteiger partial charge in [-0.1, -0.05) is 63.1 Å². The Labute approximate surface area is 147 Å². The maximum Gasteiger partial charge on any atom is 0.136 e. The molecule has 1 saturated carbocycles. The van der Waals surface area contributed by atoms with Gasteiger partial charge < -0.3 is 10.2 Å². The smallest absolute Gasteiger partial charge is 0.136 e. The molecule has 0 radical (unpaired) electrons. The molecular formula is C21H34O3. The van der Waals surface area contributed by atoms with E-state index in [2.05, 4.69) is 25.2 Å². The number of Topliss-reactive ketones (excluding diaryl/α,β-unsaturated/α-hetero) is 1. The van der Waals surface area contributed by atoms with E-state index in [1.807, 2.05) is 19.1 Å². The highest BCUT2D eigenvalue weighted by Gasteiger charge is 2.32. The molecule has 3 heteroatoms. The number of carbonyl (C=O) groups excluding carboxylic acids is 1. The number of aliphatic hydroxyl groups excluding tert-OH is 1. The number of aliphatic hydroxyl groups is 2. The van der Waals surface area contributed by atoms with Gasteiger partial charge in [-0.25, -0.2) is 0 Å². The van der Waals surface area contributed by atoms with Crippen molar-refractivity contribution in [3.8, 4) is 0 Å². The van der Waals surface area contributed by atoms with Gasteiger partial charge in [-0.15, -0.1) is 0 Å². The summed E-state index contributed by atoms with van der Waals surface area (Å²) in [5.74, 6) is 0.687. The number of rotatable bonds is 11. The van der Waals surface area contributed by atoms with Crippen LogP contribution in [0.1, 0.15) is 65.2 Å². The van der Waals surface area contributed by atoms with E-state index in [9.17, 15) is 15.0 Å². The van der Waals surface area contributed by atoms with Crippen molar-refractivity contribution in [3.05, 3.63) is 36.5 Å². The second-order valence-corrected chi connectivity index (χ2v) is 6.83. The van der Waals surface area contributed by atoms with Crippen molar-refractivity contribution in [1.29, 1.82) is 0 Å². The van der Waals surface area contributed by atoms with Gasteiger partial charge in [-0.3, -0.25) is 4.79 Å². The Morgan fingerprint density at radius 3 is 2.67 bits per heavy atom. The van der Waals surface area contributed by atoms with Gasteiger partial charge in [-0.05, 0) is 38.0 Å². The summed E-state index contributed by atoms with van der Waals surface area (Å²) in [6.45, 7) is 3.88. The van der Waals surface area contributed by atoms with Crippen molar-refractivity contribution in [1.82, 2.24) is 0 Å². The van der Waals surface area contributed by atoms with Crippen molar-refractivity contribution in [2.75, 3.05) is 6.61 Å². The van der Waals surface area contributed by atoms with Crippen LogP contribution in [0.2, 0.25) is 0 Å². The molecular weight excluding hydrogens is 300 g/mol. The number of ketones is 1. The zero-order valence-corrected chi connectivity index (χ0v) is 15.3. The first kappa shape index (κ1) is 20.9. The van der Waals surface area contributed by atoms with Crippen LogP contribution >= 0.6 is 0 Å². The molecule has 1 unspecified atom stereocenters. The van der Waals surface area contributed by atoms with Crippen molar-refractivity contribution < 1.29 is 15.0 Å². The van der Waals surface area contributed by atoms with Gasteiger partial charge in [0.1, 0.15) is 11.4 Å². The van der Waals surface area contributed by atoms with Gasteiger partial charge in [0.15, 0.2) is 0 Å². The minimum absolute atomic E-state index is 0.0764. The molecule has 3 atom stereocenters. The highest BCUT2D eigenvalue weighted by molar-refractivity contribution is 5.83. The molecule has 3 nitrogen and oxygen atoms in total. The largest absolute Gasteiger partial charge is 0.393 e. The predicted molar refractivity (Wildman–Crippen MR) is 99.7 cm³/mol. The molecule has 2 N–H and O–H groups in total. The molecule has 1 aliphatic carbocycles. The zero-order chi connectivity index (χ0) is 17.8. The van der Waals surface area contributed by atoms with Crippen LogP contribution in [0.25, 0.3) is 0 Å². The van der Waals surface area contributed by atoms with E-state index in [0.29, 0.717) is 18.6 Å². The lowest BCUT2D eigenvalue weighted by molar-refractivity contribution is -0.120. The number of allylic oxidation sites excluding steroid dienone is 4. The van der Waals surface area contributed by atoms with Crippen LogP contribution in [0.15, 0.2) is 36.5 Å². The molecule has 0 aromatic heterocycles. The maximum absolute atomic E-state index is 12.1. The first-order chi connectivity index (χ1) is 11.6. The van der Waals surface area contributed by atoms with E-state index in [-0.39, 0.29) is 18.4 Å². The molecule has 0 aromatic rings. The Hall–Kier alpha value is -1.19. The lowest BCUT2D eigenvalue weighted by atomic mass is 9.90. The van der Waals surface area contributed by atoms with E-state index < -0.39 is 5.60 Å². The number of unbranched alkanes of at least 4 members (excludes halogenated alkanes) is 2. The molecule has 24 heavy (non-hydrogen) atoms. The Kier molecular flexibility index (Phi) is 9.89. The van der Waals surface area contributed by atoms with E-state index in [1.165, 1.54) is 12.8 Å². The van der Waals surface area contributed by atoms with Crippen LogP contribution in [-0.4, -0.2) is 28.2 Å². The van der Waals surface area contributed by atoms with E-state index in [4.69, 9.17) is 0 Å². The SMILES string of the molecule is CCC=CC(O)(CO)CC=C[C@H]1CCC(=O)[C@@H]1CC=CCCCC. The summed E-state index contributed by atoms with van der Waals surface area (Å²) in [5, 5.41) is 19.7. The van der Waals surface area contributed by atoms with E-state index in [1.54, 1.807) is 6.08 Å². The summed E-state index contributed by atoms with van der Waals surface area (Å²) in [4.78, 5) is 12.1. The third-order valence-corrected chi connectivity index (χ3v) is 4.73. The second-order valence-electron chi connectivity index (χ2n) is 6.83. The molecule has 0 heterocycles. The van der Waals surface area contributed by atoms with Gasteiger partial charge in [0.2, 0.25) is 0 Å². The molecule has 1 rings (SSSR count). The minimum atomic E-state index is -1.19. The fraction of sp³-hybridized carbons (Fsp3) is 0.667. The topological polar surface area (TPSA) is 57.5 Å². The molecule has 0 saturated heterocycles. The van der Waals surface area contributed by atoms with Crippen LogP contribution in [0, 0.1) is 11.8 Å². The normalized spacial score (nSPS) is 24.6. The highest BCUT2D eigenvalue weighted by Crippen LogP contribution is 2.33. The molecule has 0 aliphatic heterocycles. The number of hydrogen-bond donors (Lipinski definition) is 2. The highest BCUT2D eigenvalue weighted by atomic mass is 16.3. The van der Waals surface area contributed by atoms with Crippen LogP contribution in [0.4, 0.5) is 0 Å². The number of hydrogen-bond acceptors (Lipinski definition) is 3. The Balaban J connectivity index is 2.56. The quantitative estimate of drug-likeness (QED) is 0.436. The van der Waals surface area contributed by atoms with Crippen LogP contribution in [0.5, 0.6) is 0 Å². The predicted octanol–water partition coefficient (Wildman–Crippen LogP) is 4.35. The number of carbonyl (C=O) groups is 1. The van der Waals surface area contributed by atoms with E-state index >= 15 is 0 Å². The van der Waals surface area contributed by atoms with Crippen molar-refractivity contribution in [3.63, 3.8) is 0 Å². The fourth-order valence-electron chi connectivity index (χ4n) is 3.12. The molecule has 1 aliphatic rings. The van der Waals surface area contributed by atoms with Crippen molar-refractivity contribution in [2.45, 2.75) is 70.8 Å². The van der Waals surface area contributed by atoms with Crippen LogP contribution in [-0.2, 0) is 4.79 Å². The van der Waals surface area contributed by atoms with Crippen molar-refractivity contribution in [2.24, 2.45) is 11.8 Å². The summed E-state index contributed by atoms with van der Waals surface area (Å²) in [6.07, 6.45) is 18.9. The van der Waals surface area contributed by atoms with Gasteiger partial charge >= 0.3 is 0 Å². The molecule has 0 amide bonds. The lowest BCUT2D eigenvalue weighted by Gasteiger charge is -2.20. The summed E-state index contributed by atoms with van der Waals surface area (Å²) in [5.41, 5.74) is -1.19. The Morgan fingerprint density at radius 1 is 1.21 bits per heavy atom. The average molecular weight is 335 g/mol. The summed E-state index contributed by atoms with van der Waals surface area (Å²) in [7, 11) is 0. The Morgan fingerprint density at radius 2 is 2.00 bits per heavy atom. The first-order valence-electron chi connectivity index (χ1n) is 9.41. The molecule has 0 spiro atoms. The molecule has 1 fully saturated rings. The van der Waals surface area contributed by atoms with Gasteiger partial charge in [0.25, 0.3) is 0 Å². The monoisotopic (exact) mass is 334 g/mol. The first-order valence-corrected chi connectivity index (χ1v) is 9.41. The Bertz CT molecular complexity index is 450. The molecule has 0 aromatic carbocycles. The van der Waals surface area contributed by atoms with Crippen LogP contribution < -0.4 is 0 Å². The summed E-state index contributed by atoms with van der Waals surface area (Å²) >= 11 is 0. The lowest BCUT2D eigenvalue weighted by Crippen LogP contribution is -2.29. The van der Waals surface area contributed by atoms with E-state index in [0.717, 1.165) is 25.7 Å². The molecule has 0 bridgehead atoms. The minimum Gasteiger partial charge on any atom is -0.393 e. The van der Waals surface area contributed by atoms with Gasteiger partial charge in [-0.2, -0.15) is 0 Å².